The quantitative estimate of drug-likeness (QED) is 0.0769. The number of nitrogens with zero attached hydrogens (tertiary/aromatic N) is 5. The van der Waals surface area contributed by atoms with Crippen LogP contribution in [0.25, 0.3) is 22.3 Å². The number of nitro groups is 2. The maximum atomic E-state index is 12.2. The molecule has 2 heterocycles. The van der Waals surface area contributed by atoms with Crippen molar-refractivity contribution in [3.05, 3.63) is 179 Å². The summed E-state index contributed by atoms with van der Waals surface area (Å²) in [6.07, 6.45) is 3.73. The molecule has 296 valence electrons. The number of methoxy groups -OCH3 is 2. The van der Waals surface area contributed by atoms with Crippen LogP contribution in [0.2, 0.25) is 0 Å². The Hall–Kier alpha value is -7.26. The number of hydrogen-bond acceptors (Lipinski definition) is 12. The molecule has 0 radical (unpaired) electrons. The molecule has 0 aliphatic heterocycles. The van der Waals surface area contributed by atoms with Gasteiger partial charge in [0.2, 0.25) is 5.91 Å². The van der Waals surface area contributed by atoms with Crippen LogP contribution >= 0.6 is 0 Å². The Bertz CT molecular complexity index is 2620. The van der Waals surface area contributed by atoms with Gasteiger partial charge in [-0.25, -0.2) is 5.26 Å². The van der Waals surface area contributed by atoms with Crippen molar-refractivity contribution in [1.82, 2.24) is 9.13 Å². The molecule has 6 aromatic rings. The zero-order valence-electron chi connectivity index (χ0n) is 32.1. The number of amides is 1. The number of nitrogens with two attached hydrogens (primary N) is 2. The van der Waals surface area contributed by atoms with Crippen molar-refractivity contribution in [3.63, 3.8) is 0 Å². The van der Waals surface area contributed by atoms with E-state index in [4.69, 9.17) is 31.3 Å². The second-order valence-corrected chi connectivity index (χ2v) is 12.4. The first-order valence-corrected chi connectivity index (χ1v) is 17.0. The molecule has 0 saturated heterocycles. The number of rotatable bonds is 12. The van der Waals surface area contributed by atoms with Crippen molar-refractivity contribution in [3.8, 4) is 40.0 Å². The number of primary amides is 1. The number of non-ortho nitro benzene ring substituents is 2. The summed E-state index contributed by atoms with van der Waals surface area (Å²) in [4.78, 5) is 56.6. The molecule has 6 rings (SSSR count). The Morgan fingerprint density at radius 2 is 1.12 bits per heavy atom. The number of anilines is 1. The fourth-order valence-electron chi connectivity index (χ4n) is 5.81. The third-order valence-corrected chi connectivity index (χ3v) is 8.40. The molecule has 0 atom stereocenters. The second kappa shape index (κ2) is 21.9. The van der Waals surface area contributed by atoms with Crippen LogP contribution in [-0.2, 0) is 24.3 Å². The predicted octanol–water partition coefficient (Wildman–Crippen LogP) is 1.40. The van der Waals surface area contributed by atoms with Crippen LogP contribution < -0.4 is 66.7 Å². The van der Waals surface area contributed by atoms with Crippen LogP contribution in [0.15, 0.2) is 131 Å². The van der Waals surface area contributed by atoms with Crippen LogP contribution in [0, 0.1) is 31.7 Å². The molecule has 0 aliphatic rings. The molecule has 17 nitrogen and oxygen atoms in total. The first-order chi connectivity index (χ1) is 27.8. The number of nitriles is 1. The van der Waals surface area contributed by atoms with Gasteiger partial charge in [-0.1, -0.05) is 42.5 Å². The number of carbonyl (C=O) groups is 1. The zero-order chi connectivity index (χ0) is 42.4. The molecule has 4 N–H and O–H groups in total. The van der Waals surface area contributed by atoms with E-state index in [1.165, 1.54) is 59.8 Å². The Morgan fingerprint density at radius 1 is 0.695 bits per heavy atom. The number of aromatic nitrogens is 2. The molecule has 0 bridgehead atoms. The summed E-state index contributed by atoms with van der Waals surface area (Å²) in [6, 6.07) is 29.4. The van der Waals surface area contributed by atoms with Gasteiger partial charge in [0.15, 0.2) is 0 Å². The largest absolute Gasteiger partial charge is 1.00 e. The summed E-state index contributed by atoms with van der Waals surface area (Å²) >= 11 is 0. The smallest absolute Gasteiger partial charge is 0.812 e. The molecule has 18 heteroatoms. The molecule has 0 aliphatic carbocycles. The van der Waals surface area contributed by atoms with E-state index < -0.39 is 15.8 Å². The maximum Gasteiger partial charge on any atom is 1.00 e. The van der Waals surface area contributed by atoms with E-state index in [1.54, 1.807) is 60.9 Å². The van der Waals surface area contributed by atoms with Crippen molar-refractivity contribution in [2.75, 3.05) is 20.0 Å². The average molecular weight is 810 g/mol. The fourth-order valence-corrected chi connectivity index (χ4v) is 5.81. The van der Waals surface area contributed by atoms with Crippen molar-refractivity contribution >= 4 is 23.0 Å². The van der Waals surface area contributed by atoms with Gasteiger partial charge in [0, 0.05) is 71.9 Å². The van der Waals surface area contributed by atoms with E-state index in [0.717, 1.165) is 11.1 Å². The van der Waals surface area contributed by atoms with E-state index in [2.05, 4.69) is 0 Å². The minimum Gasteiger partial charge on any atom is -0.812 e. The Balaban J connectivity index is 0.000000292. The van der Waals surface area contributed by atoms with Crippen LogP contribution in [0.5, 0.6) is 11.5 Å². The van der Waals surface area contributed by atoms with Crippen molar-refractivity contribution in [2.24, 2.45) is 5.73 Å². The number of hydrogen-bond donors (Lipinski definition) is 2. The third-order valence-electron chi connectivity index (χ3n) is 8.40. The summed E-state index contributed by atoms with van der Waals surface area (Å²) in [5, 5.41) is 37.1. The van der Waals surface area contributed by atoms with Crippen LogP contribution in [0.1, 0.15) is 16.7 Å². The monoisotopic (exact) mass is 809 g/mol. The Labute approximate surface area is 358 Å². The second-order valence-electron chi connectivity index (χ2n) is 12.4. The van der Waals surface area contributed by atoms with E-state index >= 15 is 0 Å². The molecular formula is C41H36N7NaO10. The minimum absolute atomic E-state index is 0. The minimum atomic E-state index is -0.479. The number of nitro benzene ring substituents is 2. The van der Waals surface area contributed by atoms with Gasteiger partial charge in [0.25, 0.3) is 22.5 Å². The van der Waals surface area contributed by atoms with Gasteiger partial charge in [-0.2, -0.15) is 0 Å². The van der Waals surface area contributed by atoms with Crippen LogP contribution in [0.4, 0.5) is 17.1 Å². The van der Waals surface area contributed by atoms with E-state index in [9.17, 15) is 34.6 Å². The summed E-state index contributed by atoms with van der Waals surface area (Å²) < 4.78 is 13.8. The standard InChI is InChI=1S/C21H19N3O5.C19H17N3O4.CHNO.Na/c1-29-19-7-5-14(9-18(19)16-3-2-4-17(11-16)24(27)28)12-23-13-15(10-20(22)25)6-8-21(23)26;1-26-18-7-5-13(11-21-12-15(20)6-8-19(21)23)9-17(18)14-3-2-4-16(10-14)22(24)25;2-1-3;/h2-9,11,13H,10,12H2,1H3,(H2,22,25);2-10,12H,11,20H2,1H3;3H;/q;;;+1/p-1. The molecule has 0 fully saturated rings. The summed E-state index contributed by atoms with van der Waals surface area (Å²) in [6.45, 7) is 0.590. The molecule has 2 aromatic heterocycles. The van der Waals surface area contributed by atoms with Gasteiger partial charge >= 0.3 is 29.6 Å². The van der Waals surface area contributed by atoms with E-state index in [0.29, 0.717) is 57.8 Å². The molecule has 1 amide bonds. The van der Waals surface area contributed by atoms with E-state index in [1.807, 2.05) is 24.3 Å². The zero-order valence-corrected chi connectivity index (χ0v) is 34.1. The van der Waals surface area contributed by atoms with Gasteiger partial charge < -0.3 is 35.2 Å². The molecule has 59 heavy (non-hydrogen) atoms. The Morgan fingerprint density at radius 3 is 1.54 bits per heavy atom. The van der Waals surface area contributed by atoms with Gasteiger partial charge in [-0.05, 0) is 58.1 Å². The summed E-state index contributed by atoms with van der Waals surface area (Å²) in [5.41, 5.74) is 16.0. The van der Waals surface area contributed by atoms with E-state index in [-0.39, 0.29) is 65.0 Å². The summed E-state index contributed by atoms with van der Waals surface area (Å²) in [7, 11) is 3.06. The first-order valence-electron chi connectivity index (χ1n) is 17.0. The van der Waals surface area contributed by atoms with Gasteiger partial charge in [-0.15, -0.1) is 0 Å². The number of carbonyl (C=O) groups excluding carboxylic acids is 1. The van der Waals surface area contributed by atoms with Gasteiger partial charge in [0.1, 0.15) is 11.5 Å². The molecular weight excluding hydrogens is 773 g/mol. The normalized spacial score (nSPS) is 9.92. The van der Waals surface area contributed by atoms with Crippen LogP contribution in [0.3, 0.4) is 0 Å². The number of pyridine rings is 2. The molecule has 0 saturated carbocycles. The fraction of sp³-hybridized carbons (Fsp3) is 0.122. The predicted molar refractivity (Wildman–Crippen MR) is 213 cm³/mol. The average Bonchev–Trinajstić information content (AvgIpc) is 3.21. The molecule has 0 spiro atoms. The Kier molecular flexibility index (Phi) is 17.1. The summed E-state index contributed by atoms with van der Waals surface area (Å²) in [5.74, 6) is 0.672. The molecule has 4 aromatic carbocycles. The first kappa shape index (κ1) is 46.1. The van der Waals surface area contributed by atoms with Gasteiger partial charge in [0.05, 0.1) is 43.6 Å². The maximum absolute atomic E-state index is 12.2. The molecule has 0 unspecified atom stereocenters. The van der Waals surface area contributed by atoms with Crippen LogP contribution in [-0.4, -0.2) is 39.1 Å². The van der Waals surface area contributed by atoms with Crippen molar-refractivity contribution in [1.29, 1.82) is 5.26 Å². The third kappa shape index (κ3) is 12.9. The number of ether oxygens (including phenoxy) is 2. The van der Waals surface area contributed by atoms with Crippen molar-refractivity contribution < 1.29 is 58.8 Å². The topological polar surface area (TPSA) is 265 Å². The number of benzene rings is 4. The number of nitrogen functional groups attached to an aromatic ring is 1. The van der Waals surface area contributed by atoms with Crippen molar-refractivity contribution in [2.45, 2.75) is 19.5 Å². The van der Waals surface area contributed by atoms with Gasteiger partial charge in [-0.3, -0.25) is 34.6 Å². The SMILES string of the molecule is COc1ccc(Cn2cc(CC(N)=O)ccc2=O)cc1-c1cccc([N+](=O)[O-])c1.COc1ccc(Cn2cc(N)ccc2=O)cc1-c1cccc([N+](=O)[O-])c1.N#C[O-].[Na+].